The van der Waals surface area contributed by atoms with Gasteiger partial charge in [-0.1, -0.05) is 25.1 Å². The topological polar surface area (TPSA) is 34.1 Å². The first-order valence-electron chi connectivity index (χ1n) is 6.67. The molecular formula is C15H18N2OS. The molecule has 0 bridgehead atoms. The van der Waals surface area contributed by atoms with Crippen molar-refractivity contribution in [2.24, 2.45) is 5.92 Å². The summed E-state index contributed by atoms with van der Waals surface area (Å²) < 4.78 is 5.77. The van der Waals surface area contributed by atoms with Gasteiger partial charge >= 0.3 is 0 Å². The van der Waals surface area contributed by atoms with E-state index in [2.05, 4.69) is 40.8 Å². The molecule has 1 aromatic carbocycles. The van der Waals surface area contributed by atoms with Crippen molar-refractivity contribution in [3.63, 3.8) is 0 Å². The fraction of sp³-hybridized carbons (Fsp3) is 0.400. The molecular weight excluding hydrogens is 256 g/mol. The molecule has 1 N–H and O–H groups in total. The summed E-state index contributed by atoms with van der Waals surface area (Å²) in [7, 11) is 0. The van der Waals surface area contributed by atoms with Gasteiger partial charge in [0.1, 0.15) is 5.75 Å². The summed E-state index contributed by atoms with van der Waals surface area (Å²) in [5.74, 6) is 1.51. The predicted molar refractivity (Wildman–Crippen MR) is 77.7 cm³/mol. The lowest BCUT2D eigenvalue weighted by Gasteiger charge is -2.32. The molecule has 0 fully saturated rings. The Morgan fingerprint density at radius 1 is 1.42 bits per heavy atom. The average Bonchev–Trinajstić information content (AvgIpc) is 2.94. The summed E-state index contributed by atoms with van der Waals surface area (Å²) in [5, 5.41) is 5.76. The Labute approximate surface area is 117 Å². The van der Waals surface area contributed by atoms with Crippen LogP contribution in [0.1, 0.15) is 24.2 Å². The summed E-state index contributed by atoms with van der Waals surface area (Å²) in [5.41, 5.74) is 4.34. The number of hydrogen-bond acceptors (Lipinski definition) is 4. The summed E-state index contributed by atoms with van der Waals surface area (Å²) in [6.45, 7) is 3.97. The minimum Gasteiger partial charge on any atom is -0.493 e. The maximum Gasteiger partial charge on any atom is 0.124 e. The maximum absolute atomic E-state index is 5.77. The van der Waals surface area contributed by atoms with Crippen molar-refractivity contribution in [1.29, 1.82) is 0 Å². The highest BCUT2D eigenvalue weighted by molar-refractivity contribution is 7.07. The van der Waals surface area contributed by atoms with E-state index in [1.165, 1.54) is 11.3 Å². The molecule has 3 rings (SSSR count). The zero-order chi connectivity index (χ0) is 13.1. The lowest BCUT2D eigenvalue weighted by molar-refractivity contribution is 0.189. The molecule has 0 radical (unpaired) electrons. The van der Waals surface area contributed by atoms with Gasteiger partial charge in [0.05, 0.1) is 17.8 Å². The van der Waals surface area contributed by atoms with Crippen molar-refractivity contribution in [2.45, 2.75) is 19.4 Å². The van der Waals surface area contributed by atoms with E-state index in [-0.39, 0.29) is 0 Å². The fourth-order valence-corrected chi connectivity index (χ4v) is 3.11. The van der Waals surface area contributed by atoms with Crippen molar-refractivity contribution in [1.82, 2.24) is 10.3 Å². The molecule has 0 amide bonds. The van der Waals surface area contributed by atoms with E-state index < -0.39 is 0 Å². The molecule has 19 heavy (non-hydrogen) atoms. The molecule has 0 aliphatic carbocycles. The summed E-state index contributed by atoms with van der Waals surface area (Å²) in [4.78, 5) is 4.32. The van der Waals surface area contributed by atoms with Gasteiger partial charge < -0.3 is 10.1 Å². The molecule has 2 atom stereocenters. The summed E-state index contributed by atoms with van der Waals surface area (Å²) in [6, 6.07) is 8.70. The van der Waals surface area contributed by atoms with Gasteiger partial charge in [-0.05, 0) is 6.07 Å². The quantitative estimate of drug-likeness (QED) is 0.930. The number of nitrogens with one attached hydrogen (secondary N) is 1. The molecule has 1 aliphatic rings. The molecule has 1 aliphatic heterocycles. The first-order valence-corrected chi connectivity index (χ1v) is 7.61. The predicted octanol–water partition coefficient (Wildman–Crippen LogP) is 3.05. The second-order valence-corrected chi connectivity index (χ2v) is 5.71. The van der Waals surface area contributed by atoms with E-state index in [1.807, 2.05) is 11.6 Å². The monoisotopic (exact) mass is 274 g/mol. The minimum absolute atomic E-state index is 0.378. The van der Waals surface area contributed by atoms with E-state index in [4.69, 9.17) is 4.74 Å². The Kier molecular flexibility index (Phi) is 3.80. The molecule has 0 spiro atoms. The molecule has 4 heteroatoms. The van der Waals surface area contributed by atoms with Crippen molar-refractivity contribution >= 4 is 11.3 Å². The van der Waals surface area contributed by atoms with Gasteiger partial charge in [-0.15, -0.1) is 11.3 Å². The van der Waals surface area contributed by atoms with Crippen LogP contribution in [0.15, 0.2) is 35.2 Å². The van der Waals surface area contributed by atoms with Crippen LogP contribution in [-0.4, -0.2) is 18.1 Å². The molecule has 3 nitrogen and oxygen atoms in total. The number of para-hydroxylation sites is 1. The van der Waals surface area contributed by atoms with Crippen LogP contribution in [-0.2, 0) is 6.42 Å². The van der Waals surface area contributed by atoms with Crippen molar-refractivity contribution in [3.8, 4) is 5.75 Å². The zero-order valence-electron chi connectivity index (χ0n) is 11.0. The van der Waals surface area contributed by atoms with Crippen LogP contribution in [0.5, 0.6) is 5.75 Å². The lowest BCUT2D eigenvalue weighted by Crippen LogP contribution is -2.35. The van der Waals surface area contributed by atoms with Crippen LogP contribution < -0.4 is 10.1 Å². The second-order valence-electron chi connectivity index (χ2n) is 4.99. The van der Waals surface area contributed by atoms with Crippen molar-refractivity contribution in [3.05, 3.63) is 46.4 Å². The van der Waals surface area contributed by atoms with E-state index in [0.717, 1.165) is 25.3 Å². The SMILES string of the molecule is CC1COc2ccccc2C1NCCc1cscn1. The van der Waals surface area contributed by atoms with Crippen LogP contribution in [0.2, 0.25) is 0 Å². The maximum atomic E-state index is 5.77. The van der Waals surface area contributed by atoms with Crippen LogP contribution in [0, 0.1) is 5.92 Å². The Bertz CT molecular complexity index is 527. The Hall–Kier alpha value is -1.39. The molecule has 2 aromatic rings. The molecule has 0 saturated heterocycles. The van der Waals surface area contributed by atoms with Crippen molar-refractivity contribution in [2.75, 3.05) is 13.2 Å². The average molecular weight is 274 g/mol. The van der Waals surface area contributed by atoms with Gasteiger partial charge in [0, 0.05) is 35.9 Å². The third kappa shape index (κ3) is 2.80. The molecule has 1 aromatic heterocycles. The Morgan fingerprint density at radius 2 is 2.32 bits per heavy atom. The number of rotatable bonds is 4. The van der Waals surface area contributed by atoms with Gasteiger partial charge in [0.2, 0.25) is 0 Å². The first-order chi connectivity index (χ1) is 9.34. The second kappa shape index (κ2) is 5.72. The highest BCUT2D eigenvalue weighted by Gasteiger charge is 2.26. The summed E-state index contributed by atoms with van der Waals surface area (Å²) >= 11 is 1.66. The Balaban J connectivity index is 1.66. The number of fused-ring (bicyclic) bond motifs is 1. The zero-order valence-corrected chi connectivity index (χ0v) is 11.8. The highest BCUT2D eigenvalue weighted by Crippen LogP contribution is 2.34. The van der Waals surface area contributed by atoms with E-state index >= 15 is 0 Å². The van der Waals surface area contributed by atoms with Crippen LogP contribution in [0.25, 0.3) is 0 Å². The van der Waals surface area contributed by atoms with Crippen LogP contribution in [0.4, 0.5) is 0 Å². The van der Waals surface area contributed by atoms with Gasteiger partial charge in [-0.25, -0.2) is 4.98 Å². The van der Waals surface area contributed by atoms with Crippen LogP contribution in [0.3, 0.4) is 0 Å². The normalized spacial score (nSPS) is 21.7. The van der Waals surface area contributed by atoms with Gasteiger partial charge in [0.25, 0.3) is 0 Å². The number of nitrogens with zero attached hydrogens (tertiary/aromatic N) is 1. The fourth-order valence-electron chi connectivity index (χ4n) is 2.52. The third-order valence-corrected chi connectivity index (χ3v) is 4.19. The lowest BCUT2D eigenvalue weighted by atomic mass is 9.92. The number of thiazole rings is 1. The van der Waals surface area contributed by atoms with Gasteiger partial charge in [0.15, 0.2) is 0 Å². The number of ether oxygens (including phenoxy) is 1. The number of aromatic nitrogens is 1. The van der Waals surface area contributed by atoms with Gasteiger partial charge in [-0.3, -0.25) is 0 Å². The standard InChI is InChI=1S/C15H18N2OS/c1-11-8-18-14-5-3-2-4-13(14)15(11)16-7-6-12-9-19-10-17-12/h2-5,9-11,15-16H,6-8H2,1H3. The van der Waals surface area contributed by atoms with Gasteiger partial charge in [-0.2, -0.15) is 0 Å². The smallest absolute Gasteiger partial charge is 0.124 e. The molecule has 2 unspecified atom stereocenters. The number of benzene rings is 1. The largest absolute Gasteiger partial charge is 0.493 e. The van der Waals surface area contributed by atoms with E-state index in [0.29, 0.717) is 12.0 Å². The number of hydrogen-bond donors (Lipinski definition) is 1. The van der Waals surface area contributed by atoms with Crippen molar-refractivity contribution < 1.29 is 4.74 Å². The van der Waals surface area contributed by atoms with Crippen LogP contribution >= 0.6 is 11.3 Å². The summed E-state index contributed by atoms with van der Waals surface area (Å²) in [6.07, 6.45) is 0.982. The minimum atomic E-state index is 0.378. The molecule has 100 valence electrons. The molecule has 2 heterocycles. The van der Waals surface area contributed by atoms with E-state index in [1.54, 1.807) is 11.3 Å². The molecule has 0 saturated carbocycles. The Morgan fingerprint density at radius 3 is 3.16 bits per heavy atom. The first kappa shape index (κ1) is 12.6. The van der Waals surface area contributed by atoms with E-state index in [9.17, 15) is 0 Å². The third-order valence-electron chi connectivity index (χ3n) is 3.55. The highest BCUT2D eigenvalue weighted by atomic mass is 32.1.